The highest BCUT2D eigenvalue weighted by atomic mass is 16.5. The second-order valence-electron chi connectivity index (χ2n) is 3.08. The lowest BCUT2D eigenvalue weighted by Crippen LogP contribution is -2.15. The van der Waals surface area contributed by atoms with Gasteiger partial charge in [0, 0.05) is 0 Å². The Bertz CT molecular complexity index is 598. The van der Waals surface area contributed by atoms with Gasteiger partial charge in [-0.15, -0.1) is 0 Å². The van der Waals surface area contributed by atoms with Crippen molar-refractivity contribution < 1.29 is 14.1 Å². The third-order valence-electron chi connectivity index (χ3n) is 2.05. The minimum atomic E-state index is -0.616. The Morgan fingerprint density at radius 2 is 2.31 bits per heavy atom. The summed E-state index contributed by atoms with van der Waals surface area (Å²) in [4.78, 5) is 22.9. The van der Waals surface area contributed by atoms with Crippen molar-refractivity contribution in [3.05, 3.63) is 21.8 Å². The number of aromatic nitrogens is 3. The van der Waals surface area contributed by atoms with Crippen LogP contribution in [-0.2, 0) is 4.74 Å². The Morgan fingerprint density at radius 1 is 1.56 bits per heavy atom. The standard InChI is InChI=1S/C9H9N3O4/c1-3-15-9(14)7-5-4(2)16-12-6(5)8(13)11-10-7/h3H2,1-2H3,(H,11,13). The maximum atomic E-state index is 11.5. The predicted octanol–water partition coefficient (Wildman–Crippen LogP) is 0.396. The van der Waals surface area contributed by atoms with Crippen molar-refractivity contribution in [2.75, 3.05) is 6.61 Å². The maximum absolute atomic E-state index is 11.5. The van der Waals surface area contributed by atoms with Gasteiger partial charge >= 0.3 is 5.97 Å². The van der Waals surface area contributed by atoms with E-state index >= 15 is 0 Å². The number of nitrogens with one attached hydrogen (secondary N) is 1. The lowest BCUT2D eigenvalue weighted by molar-refractivity contribution is 0.0520. The molecule has 0 unspecified atom stereocenters. The van der Waals surface area contributed by atoms with Crippen molar-refractivity contribution in [2.45, 2.75) is 13.8 Å². The summed E-state index contributed by atoms with van der Waals surface area (Å²) in [6.07, 6.45) is 0. The summed E-state index contributed by atoms with van der Waals surface area (Å²) >= 11 is 0. The summed E-state index contributed by atoms with van der Waals surface area (Å²) in [5.74, 6) is -0.258. The number of aromatic amines is 1. The second kappa shape index (κ2) is 3.76. The summed E-state index contributed by atoms with van der Waals surface area (Å²) in [6, 6.07) is 0. The van der Waals surface area contributed by atoms with Gasteiger partial charge in [0.2, 0.25) is 0 Å². The molecule has 0 aliphatic rings. The number of H-pyrrole nitrogens is 1. The van der Waals surface area contributed by atoms with E-state index < -0.39 is 11.5 Å². The molecule has 2 heterocycles. The first kappa shape index (κ1) is 10.3. The Labute approximate surface area is 89.4 Å². The molecular formula is C9H9N3O4. The van der Waals surface area contributed by atoms with Crippen LogP contribution in [0, 0.1) is 6.92 Å². The minimum absolute atomic E-state index is 0.00944. The highest BCUT2D eigenvalue weighted by Gasteiger charge is 2.20. The molecule has 7 heteroatoms. The molecule has 0 spiro atoms. The maximum Gasteiger partial charge on any atom is 0.359 e. The molecule has 16 heavy (non-hydrogen) atoms. The SMILES string of the molecule is CCOC(=O)c1n[nH]c(=O)c2noc(C)c12. The predicted molar refractivity (Wildman–Crippen MR) is 53.1 cm³/mol. The Kier molecular flexibility index (Phi) is 2.43. The molecule has 0 saturated heterocycles. The molecule has 0 bridgehead atoms. The highest BCUT2D eigenvalue weighted by Crippen LogP contribution is 2.17. The molecular weight excluding hydrogens is 214 g/mol. The first-order valence-corrected chi connectivity index (χ1v) is 4.67. The molecule has 2 aromatic rings. The number of carbonyl (C=O) groups excluding carboxylic acids is 1. The number of hydrogen-bond donors (Lipinski definition) is 1. The average molecular weight is 223 g/mol. The molecule has 0 aliphatic heterocycles. The molecule has 7 nitrogen and oxygen atoms in total. The van der Waals surface area contributed by atoms with Crippen molar-refractivity contribution in [3.63, 3.8) is 0 Å². The lowest BCUT2D eigenvalue weighted by Gasteiger charge is -2.00. The van der Waals surface area contributed by atoms with Crippen LogP contribution in [0.5, 0.6) is 0 Å². The van der Waals surface area contributed by atoms with Gasteiger partial charge in [0.25, 0.3) is 5.56 Å². The van der Waals surface area contributed by atoms with E-state index in [1.165, 1.54) is 0 Å². The molecule has 0 aromatic carbocycles. The van der Waals surface area contributed by atoms with E-state index in [2.05, 4.69) is 15.4 Å². The summed E-state index contributed by atoms with van der Waals surface area (Å²) in [6.45, 7) is 3.51. The number of ether oxygens (including phenoxy) is 1. The van der Waals surface area contributed by atoms with Crippen molar-refractivity contribution >= 4 is 16.9 Å². The van der Waals surface area contributed by atoms with Gasteiger partial charge in [-0.05, 0) is 13.8 Å². The molecule has 0 atom stereocenters. The number of fused-ring (bicyclic) bond motifs is 1. The molecule has 0 amide bonds. The third kappa shape index (κ3) is 1.46. The Morgan fingerprint density at radius 3 is 3.00 bits per heavy atom. The first-order valence-electron chi connectivity index (χ1n) is 4.67. The lowest BCUT2D eigenvalue weighted by atomic mass is 10.2. The van der Waals surface area contributed by atoms with Gasteiger partial charge in [-0.25, -0.2) is 9.89 Å². The fourth-order valence-electron chi connectivity index (χ4n) is 1.37. The molecule has 0 aliphatic carbocycles. The molecule has 0 fully saturated rings. The van der Waals surface area contributed by atoms with Crippen LogP contribution in [0.15, 0.2) is 9.32 Å². The quantitative estimate of drug-likeness (QED) is 0.740. The van der Waals surface area contributed by atoms with Gasteiger partial charge in [0.15, 0.2) is 11.2 Å². The zero-order valence-corrected chi connectivity index (χ0v) is 8.73. The molecule has 84 valence electrons. The zero-order chi connectivity index (χ0) is 11.7. The van der Waals surface area contributed by atoms with Crippen LogP contribution in [-0.4, -0.2) is 27.9 Å². The summed E-state index contributed by atoms with van der Waals surface area (Å²) in [5, 5.41) is 9.66. The van der Waals surface area contributed by atoms with Crippen molar-refractivity contribution in [3.8, 4) is 0 Å². The van der Waals surface area contributed by atoms with Crippen LogP contribution in [0.4, 0.5) is 0 Å². The number of esters is 1. The highest BCUT2D eigenvalue weighted by molar-refractivity contribution is 6.01. The molecule has 1 N–H and O–H groups in total. The van der Waals surface area contributed by atoms with Crippen molar-refractivity contribution in [1.29, 1.82) is 0 Å². The first-order chi connectivity index (χ1) is 7.65. The minimum Gasteiger partial charge on any atom is -0.461 e. The fourth-order valence-corrected chi connectivity index (χ4v) is 1.37. The number of carbonyl (C=O) groups is 1. The third-order valence-corrected chi connectivity index (χ3v) is 2.05. The number of hydrogen-bond acceptors (Lipinski definition) is 6. The van der Waals surface area contributed by atoms with Crippen molar-refractivity contribution in [2.24, 2.45) is 0 Å². The van der Waals surface area contributed by atoms with Gasteiger partial charge in [0.05, 0.1) is 12.0 Å². The van der Waals surface area contributed by atoms with Gasteiger partial charge in [-0.2, -0.15) is 5.10 Å². The molecule has 2 rings (SSSR count). The van der Waals surface area contributed by atoms with Gasteiger partial charge in [-0.1, -0.05) is 5.16 Å². The van der Waals surface area contributed by atoms with E-state index in [0.717, 1.165) is 0 Å². The fraction of sp³-hybridized carbons (Fsp3) is 0.333. The summed E-state index contributed by atoms with van der Waals surface area (Å²) in [5.41, 5.74) is -0.439. The Balaban J connectivity index is 2.71. The van der Waals surface area contributed by atoms with E-state index in [9.17, 15) is 9.59 Å². The van der Waals surface area contributed by atoms with E-state index in [1.54, 1.807) is 13.8 Å². The largest absolute Gasteiger partial charge is 0.461 e. The van der Waals surface area contributed by atoms with E-state index in [1.807, 2.05) is 0 Å². The van der Waals surface area contributed by atoms with Crippen molar-refractivity contribution in [1.82, 2.24) is 15.4 Å². The summed E-state index contributed by atoms with van der Waals surface area (Å²) in [7, 11) is 0. The van der Waals surface area contributed by atoms with E-state index in [4.69, 9.17) is 9.26 Å². The van der Waals surface area contributed by atoms with E-state index in [0.29, 0.717) is 11.1 Å². The van der Waals surface area contributed by atoms with Crippen LogP contribution >= 0.6 is 0 Å². The van der Waals surface area contributed by atoms with Gasteiger partial charge in [0.1, 0.15) is 5.76 Å². The van der Waals surface area contributed by atoms with Crippen LogP contribution < -0.4 is 5.56 Å². The smallest absolute Gasteiger partial charge is 0.359 e. The number of nitrogens with zero attached hydrogens (tertiary/aromatic N) is 2. The molecule has 2 aromatic heterocycles. The normalized spacial score (nSPS) is 10.6. The van der Waals surface area contributed by atoms with Gasteiger partial charge < -0.3 is 9.26 Å². The van der Waals surface area contributed by atoms with Crippen LogP contribution in [0.1, 0.15) is 23.2 Å². The molecule has 0 saturated carbocycles. The monoisotopic (exact) mass is 223 g/mol. The van der Waals surface area contributed by atoms with Gasteiger partial charge in [-0.3, -0.25) is 4.79 Å². The average Bonchev–Trinajstić information content (AvgIpc) is 2.63. The van der Waals surface area contributed by atoms with Crippen LogP contribution in [0.2, 0.25) is 0 Å². The topological polar surface area (TPSA) is 98.1 Å². The van der Waals surface area contributed by atoms with Crippen LogP contribution in [0.3, 0.4) is 0 Å². The number of aryl methyl sites for hydroxylation is 1. The zero-order valence-electron chi connectivity index (χ0n) is 8.73. The molecule has 0 radical (unpaired) electrons. The van der Waals surface area contributed by atoms with E-state index in [-0.39, 0.29) is 17.8 Å². The summed E-state index contributed by atoms with van der Waals surface area (Å²) < 4.78 is 9.65. The second-order valence-corrected chi connectivity index (χ2v) is 3.08. The number of rotatable bonds is 2. The van der Waals surface area contributed by atoms with Crippen LogP contribution in [0.25, 0.3) is 10.9 Å². The Hall–Kier alpha value is -2.18.